The zero-order valence-electron chi connectivity index (χ0n) is 6.88. The molecule has 1 saturated carbocycles. The molecule has 0 aromatic carbocycles. The molecule has 1 rings (SSSR count). The summed E-state index contributed by atoms with van der Waals surface area (Å²) in [6, 6.07) is 0. The lowest BCUT2D eigenvalue weighted by molar-refractivity contribution is -0.123. The Hall–Kier alpha value is -1.05. The Morgan fingerprint density at radius 1 is 1.45 bits per heavy atom. The normalized spacial score (nSPS) is 16.8. The summed E-state index contributed by atoms with van der Waals surface area (Å²) in [5.41, 5.74) is 0.556. The maximum Gasteiger partial charge on any atom is 0.297 e. The smallest absolute Gasteiger partial charge is 0.297 e. The van der Waals surface area contributed by atoms with E-state index in [1.54, 1.807) is 0 Å². The van der Waals surface area contributed by atoms with Crippen LogP contribution in [-0.4, -0.2) is 6.47 Å². The van der Waals surface area contributed by atoms with Crippen molar-refractivity contribution in [1.29, 1.82) is 0 Å². The van der Waals surface area contributed by atoms with E-state index >= 15 is 0 Å². The quantitative estimate of drug-likeness (QED) is 0.354. The second kappa shape index (κ2) is 4.72. The Morgan fingerprint density at radius 3 is 2.00 bits per heavy atom. The fraction of sp³-hybridized carbons (Fsp3) is 0.444. The number of hydrogen-bond acceptors (Lipinski definition) is 2. The Balaban J connectivity index is 0.000000187. The van der Waals surface area contributed by atoms with Crippen LogP contribution in [0.15, 0.2) is 25.5 Å². The van der Waals surface area contributed by atoms with Gasteiger partial charge in [-0.15, -0.1) is 6.58 Å². The molecule has 0 heterocycles. The molecule has 1 fully saturated rings. The van der Waals surface area contributed by atoms with Gasteiger partial charge in [-0.1, -0.05) is 19.6 Å². The van der Waals surface area contributed by atoms with E-state index in [0.29, 0.717) is 11.9 Å². The first-order valence-electron chi connectivity index (χ1n) is 3.52. The van der Waals surface area contributed by atoms with Gasteiger partial charge < -0.3 is 4.74 Å². The molecule has 0 amide bonds. The molecule has 0 radical (unpaired) electrons. The molecular weight excluding hydrogens is 140 g/mol. The maximum absolute atomic E-state index is 9.11. The summed E-state index contributed by atoms with van der Waals surface area (Å²) in [5.74, 6) is 0. The second-order valence-corrected chi connectivity index (χ2v) is 2.76. The Kier molecular flexibility index (Phi) is 4.27. The van der Waals surface area contributed by atoms with Gasteiger partial charge in [0.15, 0.2) is 0 Å². The van der Waals surface area contributed by atoms with E-state index in [1.807, 2.05) is 6.08 Å². The topological polar surface area (TPSA) is 26.3 Å². The molecule has 2 nitrogen and oxygen atoms in total. The number of carbonyl (C=O) groups excluding carboxylic acids is 1. The van der Waals surface area contributed by atoms with Crippen molar-refractivity contribution >= 4 is 6.47 Å². The lowest BCUT2D eigenvalue weighted by atomic mass is 10.1. The van der Waals surface area contributed by atoms with Gasteiger partial charge in [0.25, 0.3) is 6.47 Å². The van der Waals surface area contributed by atoms with Crippen LogP contribution in [0.5, 0.6) is 0 Å². The number of rotatable bonds is 3. The zero-order valence-corrected chi connectivity index (χ0v) is 6.88. The minimum atomic E-state index is 0.312. The SMILES string of the molecule is C=CC1(C)CC1.C=COC=O. The molecular formula is C9H14O2. The molecule has 0 aromatic rings. The van der Waals surface area contributed by atoms with E-state index in [-0.39, 0.29) is 0 Å². The fourth-order valence-electron chi connectivity index (χ4n) is 0.441. The average Bonchev–Trinajstić information content (AvgIpc) is 2.73. The van der Waals surface area contributed by atoms with Gasteiger partial charge in [0.05, 0.1) is 6.26 Å². The molecule has 1 aliphatic rings. The molecule has 0 atom stereocenters. The van der Waals surface area contributed by atoms with E-state index in [2.05, 4.69) is 24.8 Å². The standard InChI is InChI=1S/C6H10.C3H4O2/c1-3-6(2)4-5-6;1-2-5-3-4/h3H,1,4-5H2,2H3;2-3H,1H2. The van der Waals surface area contributed by atoms with Crippen molar-refractivity contribution in [2.75, 3.05) is 0 Å². The van der Waals surface area contributed by atoms with E-state index in [9.17, 15) is 0 Å². The summed E-state index contributed by atoms with van der Waals surface area (Å²) < 4.78 is 3.92. The molecule has 62 valence electrons. The summed E-state index contributed by atoms with van der Waals surface area (Å²) in [6.07, 6.45) is 5.83. The van der Waals surface area contributed by atoms with E-state index in [4.69, 9.17) is 4.79 Å². The van der Waals surface area contributed by atoms with Crippen LogP contribution in [0, 0.1) is 5.41 Å². The first-order chi connectivity index (χ1) is 5.18. The first kappa shape index (κ1) is 9.95. The molecule has 2 heteroatoms. The molecule has 0 bridgehead atoms. The molecule has 0 saturated heterocycles. The molecule has 0 N–H and O–H groups in total. The van der Waals surface area contributed by atoms with E-state index in [0.717, 1.165) is 6.26 Å². The van der Waals surface area contributed by atoms with Crippen LogP contribution in [0.1, 0.15) is 19.8 Å². The lowest BCUT2D eigenvalue weighted by Crippen LogP contribution is -1.79. The summed E-state index contributed by atoms with van der Waals surface area (Å²) in [5, 5.41) is 0. The van der Waals surface area contributed by atoms with E-state index in [1.165, 1.54) is 12.8 Å². The fourth-order valence-corrected chi connectivity index (χ4v) is 0.441. The average molecular weight is 154 g/mol. The Labute approximate surface area is 67.6 Å². The summed E-state index contributed by atoms with van der Waals surface area (Å²) in [4.78, 5) is 9.11. The highest BCUT2D eigenvalue weighted by atomic mass is 16.5. The highest BCUT2D eigenvalue weighted by Gasteiger charge is 2.32. The van der Waals surface area contributed by atoms with Gasteiger partial charge in [-0.05, 0) is 18.3 Å². The van der Waals surface area contributed by atoms with Crippen molar-refractivity contribution in [2.24, 2.45) is 5.41 Å². The molecule has 0 aliphatic heterocycles. The van der Waals surface area contributed by atoms with Crippen molar-refractivity contribution in [2.45, 2.75) is 19.8 Å². The predicted octanol–water partition coefficient (Wildman–Crippen LogP) is 2.28. The third-order valence-corrected chi connectivity index (χ3v) is 1.68. The van der Waals surface area contributed by atoms with Gasteiger partial charge in [-0.2, -0.15) is 0 Å². The van der Waals surface area contributed by atoms with Crippen molar-refractivity contribution in [1.82, 2.24) is 0 Å². The van der Waals surface area contributed by atoms with Crippen molar-refractivity contribution < 1.29 is 9.53 Å². The predicted molar refractivity (Wildman–Crippen MR) is 44.9 cm³/mol. The monoisotopic (exact) mass is 154 g/mol. The largest absolute Gasteiger partial charge is 0.437 e. The van der Waals surface area contributed by atoms with Crippen molar-refractivity contribution in [3.05, 3.63) is 25.5 Å². The highest BCUT2D eigenvalue weighted by Crippen LogP contribution is 2.45. The van der Waals surface area contributed by atoms with Crippen molar-refractivity contribution in [3.63, 3.8) is 0 Å². The van der Waals surface area contributed by atoms with Gasteiger partial charge in [0, 0.05) is 0 Å². The number of carbonyl (C=O) groups is 1. The first-order valence-corrected chi connectivity index (χ1v) is 3.52. The van der Waals surface area contributed by atoms with E-state index < -0.39 is 0 Å². The summed E-state index contributed by atoms with van der Waals surface area (Å²) in [6.45, 7) is 9.34. The minimum Gasteiger partial charge on any atom is -0.437 e. The van der Waals surface area contributed by atoms with Gasteiger partial charge in [-0.25, -0.2) is 0 Å². The van der Waals surface area contributed by atoms with Crippen LogP contribution in [0.25, 0.3) is 0 Å². The van der Waals surface area contributed by atoms with Gasteiger partial charge >= 0.3 is 0 Å². The molecule has 0 spiro atoms. The highest BCUT2D eigenvalue weighted by molar-refractivity contribution is 5.37. The minimum absolute atomic E-state index is 0.312. The molecule has 11 heavy (non-hydrogen) atoms. The second-order valence-electron chi connectivity index (χ2n) is 2.76. The number of hydrogen-bond donors (Lipinski definition) is 0. The van der Waals surface area contributed by atoms with Gasteiger partial charge in [0.2, 0.25) is 0 Å². The molecule has 0 aromatic heterocycles. The Morgan fingerprint density at radius 2 is 2.00 bits per heavy atom. The van der Waals surface area contributed by atoms with Crippen LogP contribution in [0.3, 0.4) is 0 Å². The van der Waals surface area contributed by atoms with Crippen LogP contribution in [-0.2, 0) is 9.53 Å². The zero-order chi connectivity index (χ0) is 8.74. The molecule has 1 aliphatic carbocycles. The van der Waals surface area contributed by atoms with Gasteiger partial charge in [-0.3, -0.25) is 4.79 Å². The Bertz CT molecular complexity index is 140. The van der Waals surface area contributed by atoms with Crippen LogP contribution in [0.4, 0.5) is 0 Å². The number of ether oxygens (including phenoxy) is 1. The maximum atomic E-state index is 9.11. The lowest BCUT2D eigenvalue weighted by Gasteiger charge is -1.90. The summed E-state index contributed by atoms with van der Waals surface area (Å²) >= 11 is 0. The van der Waals surface area contributed by atoms with Gasteiger partial charge in [0.1, 0.15) is 0 Å². The third-order valence-electron chi connectivity index (χ3n) is 1.68. The van der Waals surface area contributed by atoms with Crippen molar-refractivity contribution in [3.8, 4) is 0 Å². The van der Waals surface area contributed by atoms with Crippen LogP contribution >= 0.6 is 0 Å². The third kappa shape index (κ3) is 5.40. The van der Waals surface area contributed by atoms with Crippen LogP contribution < -0.4 is 0 Å². The molecule has 0 unspecified atom stereocenters. The number of allylic oxidation sites excluding steroid dienone is 1. The summed E-state index contributed by atoms with van der Waals surface area (Å²) in [7, 11) is 0. The van der Waals surface area contributed by atoms with Crippen LogP contribution in [0.2, 0.25) is 0 Å².